The number of aromatic nitrogens is 4. The molecule has 9 heteroatoms. The van der Waals surface area contributed by atoms with Gasteiger partial charge in [0.1, 0.15) is 6.54 Å². The predicted molar refractivity (Wildman–Crippen MR) is 106 cm³/mol. The molecule has 2 heterocycles. The van der Waals surface area contributed by atoms with Gasteiger partial charge in [-0.3, -0.25) is 14.9 Å². The summed E-state index contributed by atoms with van der Waals surface area (Å²) in [6.45, 7) is 0.0347. The van der Waals surface area contributed by atoms with Gasteiger partial charge in [0.15, 0.2) is 10.8 Å². The van der Waals surface area contributed by atoms with E-state index in [1.807, 2.05) is 5.38 Å². The number of amides is 2. The number of thiazole rings is 1. The number of rotatable bonds is 5. The first-order valence-corrected chi connectivity index (χ1v) is 9.87. The first-order chi connectivity index (χ1) is 13.5. The Labute approximate surface area is 166 Å². The van der Waals surface area contributed by atoms with Crippen LogP contribution in [-0.4, -0.2) is 50.8 Å². The molecule has 0 fully saturated rings. The molecule has 0 saturated carbocycles. The van der Waals surface area contributed by atoms with Crippen LogP contribution in [0, 0.1) is 0 Å². The maximum absolute atomic E-state index is 12.4. The molecule has 0 aliphatic heterocycles. The molecule has 3 aromatic rings. The van der Waals surface area contributed by atoms with Gasteiger partial charge in [-0.05, 0) is 36.5 Å². The molecular formula is C19H20N6O2S. The van der Waals surface area contributed by atoms with Crippen LogP contribution in [0.5, 0.6) is 0 Å². The zero-order chi connectivity index (χ0) is 19.7. The van der Waals surface area contributed by atoms with Crippen molar-refractivity contribution in [2.75, 3.05) is 19.4 Å². The fourth-order valence-electron chi connectivity index (χ4n) is 3.12. The van der Waals surface area contributed by atoms with Crippen LogP contribution < -0.4 is 5.32 Å². The Balaban J connectivity index is 1.43. The van der Waals surface area contributed by atoms with Gasteiger partial charge in [0.05, 0.1) is 11.9 Å². The summed E-state index contributed by atoms with van der Waals surface area (Å²) in [4.78, 5) is 30.1. The third-order valence-corrected chi connectivity index (χ3v) is 5.44. The van der Waals surface area contributed by atoms with Crippen LogP contribution >= 0.6 is 11.3 Å². The molecule has 0 saturated heterocycles. The summed E-state index contributed by atoms with van der Waals surface area (Å²) in [5, 5.41) is 12.8. The maximum atomic E-state index is 12.4. The predicted octanol–water partition coefficient (Wildman–Crippen LogP) is 2.23. The third kappa shape index (κ3) is 3.79. The van der Waals surface area contributed by atoms with Gasteiger partial charge >= 0.3 is 0 Å². The highest BCUT2D eigenvalue weighted by atomic mass is 32.1. The number of nitrogens with zero attached hydrogens (tertiary/aromatic N) is 5. The van der Waals surface area contributed by atoms with Gasteiger partial charge in [-0.1, -0.05) is 17.3 Å². The first-order valence-electron chi connectivity index (χ1n) is 8.99. The lowest BCUT2D eigenvalue weighted by molar-refractivity contribution is -0.129. The minimum atomic E-state index is -0.404. The van der Waals surface area contributed by atoms with Gasteiger partial charge in [0.25, 0.3) is 5.91 Å². The first kappa shape index (κ1) is 18.3. The second kappa shape index (κ2) is 7.51. The molecule has 1 N–H and O–H groups in total. The minimum Gasteiger partial charge on any atom is -0.347 e. The van der Waals surface area contributed by atoms with Crippen molar-refractivity contribution in [3.8, 4) is 11.3 Å². The smallest absolute Gasteiger partial charge is 0.279 e. The summed E-state index contributed by atoms with van der Waals surface area (Å²) in [5.41, 5.74) is 4.85. The van der Waals surface area contributed by atoms with Crippen LogP contribution in [0.25, 0.3) is 11.3 Å². The average Bonchev–Trinajstić information content (AvgIpc) is 3.41. The van der Waals surface area contributed by atoms with Crippen molar-refractivity contribution in [2.24, 2.45) is 0 Å². The van der Waals surface area contributed by atoms with Crippen molar-refractivity contribution >= 4 is 28.3 Å². The number of hydrogen-bond acceptors (Lipinski definition) is 6. The van der Waals surface area contributed by atoms with Gasteiger partial charge < -0.3 is 4.90 Å². The molecule has 1 aliphatic carbocycles. The summed E-state index contributed by atoms with van der Waals surface area (Å²) in [6.07, 6.45) is 4.92. The molecule has 0 bridgehead atoms. The molecule has 28 heavy (non-hydrogen) atoms. The van der Waals surface area contributed by atoms with Gasteiger partial charge in [-0.2, -0.15) is 0 Å². The van der Waals surface area contributed by atoms with Crippen molar-refractivity contribution in [2.45, 2.75) is 25.8 Å². The molecule has 0 atom stereocenters. The third-order valence-electron chi connectivity index (χ3n) is 4.69. The number of likely N-dealkylation sites (N-methyl/N-ethyl adjacent to an activating group) is 1. The summed E-state index contributed by atoms with van der Waals surface area (Å²) < 4.78 is 1.34. The molecular weight excluding hydrogens is 376 g/mol. The van der Waals surface area contributed by atoms with Crippen LogP contribution in [-0.2, 0) is 24.2 Å². The fraction of sp³-hybridized carbons (Fsp3) is 0.316. The van der Waals surface area contributed by atoms with Gasteiger partial charge in [0, 0.05) is 25.0 Å². The van der Waals surface area contributed by atoms with E-state index in [1.54, 1.807) is 14.1 Å². The van der Waals surface area contributed by atoms with Crippen LogP contribution in [0.2, 0.25) is 0 Å². The van der Waals surface area contributed by atoms with Crippen LogP contribution in [0.15, 0.2) is 29.8 Å². The van der Waals surface area contributed by atoms with Crippen LogP contribution in [0.3, 0.4) is 0 Å². The Morgan fingerprint density at radius 2 is 2.07 bits per heavy atom. The largest absolute Gasteiger partial charge is 0.347 e. The molecule has 0 spiro atoms. The molecule has 1 aliphatic rings. The van der Waals surface area contributed by atoms with Crippen molar-refractivity contribution in [1.82, 2.24) is 24.9 Å². The van der Waals surface area contributed by atoms with Crippen molar-refractivity contribution in [1.29, 1.82) is 0 Å². The number of carbonyl (C=O) groups is 2. The molecule has 2 amide bonds. The van der Waals surface area contributed by atoms with E-state index in [9.17, 15) is 9.59 Å². The summed E-state index contributed by atoms with van der Waals surface area (Å²) in [6, 6.07) is 6.44. The lowest BCUT2D eigenvalue weighted by Crippen LogP contribution is -2.26. The van der Waals surface area contributed by atoms with Crippen molar-refractivity contribution in [3.05, 3.63) is 46.6 Å². The number of nitrogens with one attached hydrogen (secondary N) is 1. The quantitative estimate of drug-likeness (QED) is 0.714. The van der Waals surface area contributed by atoms with Crippen molar-refractivity contribution < 1.29 is 9.59 Å². The Kier molecular flexibility index (Phi) is 4.91. The highest BCUT2D eigenvalue weighted by Crippen LogP contribution is 2.30. The minimum absolute atomic E-state index is 0.0347. The fourth-order valence-corrected chi connectivity index (χ4v) is 3.83. The van der Waals surface area contributed by atoms with Crippen LogP contribution in [0.1, 0.15) is 28.0 Å². The van der Waals surface area contributed by atoms with E-state index in [-0.39, 0.29) is 18.1 Å². The average molecular weight is 396 g/mol. The molecule has 1 aromatic carbocycles. The Morgan fingerprint density at radius 3 is 2.89 bits per heavy atom. The Morgan fingerprint density at radius 1 is 1.25 bits per heavy atom. The van der Waals surface area contributed by atoms with E-state index in [1.165, 1.54) is 44.7 Å². The van der Waals surface area contributed by atoms with Gasteiger partial charge in [0.2, 0.25) is 5.91 Å². The van der Waals surface area contributed by atoms with Gasteiger partial charge in [-0.15, -0.1) is 16.4 Å². The maximum Gasteiger partial charge on any atom is 0.279 e. The summed E-state index contributed by atoms with van der Waals surface area (Å²) in [7, 11) is 3.32. The van der Waals surface area contributed by atoms with E-state index >= 15 is 0 Å². The highest BCUT2D eigenvalue weighted by molar-refractivity contribution is 7.14. The Bertz CT molecular complexity index is 1040. The molecule has 144 valence electrons. The number of aryl methyl sites for hydroxylation is 2. The normalized spacial score (nSPS) is 12.6. The van der Waals surface area contributed by atoms with E-state index in [2.05, 4.69) is 38.8 Å². The zero-order valence-electron chi connectivity index (χ0n) is 15.7. The van der Waals surface area contributed by atoms with Gasteiger partial charge in [-0.25, -0.2) is 9.67 Å². The van der Waals surface area contributed by atoms with E-state index in [4.69, 9.17) is 0 Å². The lowest BCUT2D eigenvalue weighted by Gasteiger charge is -2.08. The molecule has 0 unspecified atom stereocenters. The standard InChI is InChI=1S/C19H20N6O2S/c1-24(2)17(26)10-25-9-15(22-23-25)18(27)21-19-20-16(11-28-19)14-7-6-12-4-3-5-13(12)8-14/h6-9,11H,3-5,10H2,1-2H3,(H,20,21,27). The second-order valence-corrected chi connectivity index (χ2v) is 7.78. The topological polar surface area (TPSA) is 93.0 Å². The second-order valence-electron chi connectivity index (χ2n) is 6.92. The van der Waals surface area contributed by atoms with E-state index in [0.29, 0.717) is 5.13 Å². The molecule has 4 rings (SSSR count). The molecule has 0 radical (unpaired) electrons. The highest BCUT2D eigenvalue weighted by Gasteiger charge is 2.16. The zero-order valence-corrected chi connectivity index (χ0v) is 16.5. The summed E-state index contributed by atoms with van der Waals surface area (Å²) in [5.74, 6) is -0.533. The number of hydrogen-bond donors (Lipinski definition) is 1. The van der Waals surface area contributed by atoms with Crippen molar-refractivity contribution in [3.63, 3.8) is 0 Å². The lowest BCUT2D eigenvalue weighted by atomic mass is 10.1. The van der Waals surface area contributed by atoms with Crippen LogP contribution in [0.4, 0.5) is 5.13 Å². The molecule has 2 aromatic heterocycles. The Hall–Kier alpha value is -3.07. The number of benzene rings is 1. The number of fused-ring (bicyclic) bond motifs is 1. The number of carbonyl (C=O) groups excluding carboxylic acids is 2. The summed E-state index contributed by atoms with van der Waals surface area (Å²) >= 11 is 1.36. The monoisotopic (exact) mass is 396 g/mol. The van der Waals surface area contributed by atoms with E-state index in [0.717, 1.165) is 24.1 Å². The molecule has 8 nitrogen and oxygen atoms in total. The SMILES string of the molecule is CN(C)C(=O)Cn1cc(C(=O)Nc2nc(-c3ccc4c(c3)CCC4)cs2)nn1. The van der Waals surface area contributed by atoms with E-state index < -0.39 is 5.91 Å². The number of anilines is 1.